The second-order valence-electron chi connectivity index (χ2n) is 8.12. The number of fused-ring (bicyclic) bond motifs is 1. The van der Waals surface area contributed by atoms with E-state index >= 15 is 0 Å². The summed E-state index contributed by atoms with van der Waals surface area (Å²) in [4.78, 5) is 32.9. The van der Waals surface area contributed by atoms with Gasteiger partial charge in [0.2, 0.25) is 5.89 Å². The molecule has 1 amide bonds. The summed E-state index contributed by atoms with van der Waals surface area (Å²) in [5, 5.41) is 3.91. The van der Waals surface area contributed by atoms with E-state index in [1.807, 2.05) is 67.7 Å². The third-order valence-corrected chi connectivity index (χ3v) is 5.56. The Morgan fingerprint density at radius 1 is 1.06 bits per heavy atom. The van der Waals surface area contributed by atoms with Gasteiger partial charge in [-0.2, -0.15) is 0 Å². The first-order chi connectivity index (χ1) is 17.1. The van der Waals surface area contributed by atoms with Crippen molar-refractivity contribution >= 4 is 23.0 Å². The van der Waals surface area contributed by atoms with Crippen molar-refractivity contribution in [1.82, 2.24) is 15.3 Å². The first-order valence-electron chi connectivity index (χ1n) is 11.8. The maximum Gasteiger partial charge on any atom is 0.408 e. The average Bonchev–Trinajstić information content (AvgIpc) is 3.48. The minimum absolute atomic E-state index is 0.132. The predicted molar refractivity (Wildman–Crippen MR) is 131 cm³/mol. The normalized spacial score (nSPS) is 11.8. The molecule has 2 N–H and O–H groups in total. The maximum absolute atomic E-state index is 12.7. The molecule has 182 valence electrons. The van der Waals surface area contributed by atoms with Crippen LogP contribution in [-0.4, -0.2) is 28.6 Å². The van der Waals surface area contributed by atoms with Crippen molar-refractivity contribution in [2.75, 3.05) is 6.61 Å². The number of benzene rings is 2. The lowest BCUT2D eigenvalue weighted by molar-refractivity contribution is 0.0517. The molecule has 4 rings (SSSR count). The van der Waals surface area contributed by atoms with Gasteiger partial charge in [0, 0.05) is 29.9 Å². The van der Waals surface area contributed by atoms with E-state index < -0.39 is 18.1 Å². The number of alkyl carbamates (subject to hydrolysis) is 1. The number of H-pyrrole nitrogens is 1. The number of esters is 1. The minimum atomic E-state index is -0.656. The third kappa shape index (κ3) is 5.90. The Kier molecular flexibility index (Phi) is 7.82. The number of carbonyl (C=O) groups is 2. The summed E-state index contributed by atoms with van der Waals surface area (Å²) in [5.41, 5.74) is 2.98. The van der Waals surface area contributed by atoms with E-state index in [4.69, 9.17) is 13.9 Å². The predicted octanol–water partition coefficient (Wildman–Crippen LogP) is 5.50. The van der Waals surface area contributed by atoms with Crippen LogP contribution in [0.1, 0.15) is 59.6 Å². The number of hydrogen-bond donors (Lipinski definition) is 2. The fraction of sp³-hybridized carbons (Fsp3) is 0.296. The maximum atomic E-state index is 12.7. The zero-order valence-corrected chi connectivity index (χ0v) is 19.9. The highest BCUT2D eigenvalue weighted by Gasteiger charge is 2.28. The van der Waals surface area contributed by atoms with Crippen LogP contribution in [0.3, 0.4) is 0 Å². The van der Waals surface area contributed by atoms with E-state index in [1.54, 1.807) is 6.92 Å². The quantitative estimate of drug-likeness (QED) is 0.294. The van der Waals surface area contributed by atoms with E-state index in [9.17, 15) is 9.59 Å². The van der Waals surface area contributed by atoms with E-state index in [0.29, 0.717) is 18.6 Å². The lowest BCUT2D eigenvalue weighted by Crippen LogP contribution is -2.30. The zero-order chi connectivity index (χ0) is 24.6. The zero-order valence-electron chi connectivity index (χ0n) is 19.9. The van der Waals surface area contributed by atoms with Crippen LogP contribution in [0, 0.1) is 0 Å². The van der Waals surface area contributed by atoms with Gasteiger partial charge in [-0.15, -0.1) is 0 Å². The Balaban J connectivity index is 1.61. The van der Waals surface area contributed by atoms with Gasteiger partial charge in [-0.25, -0.2) is 14.6 Å². The molecule has 0 saturated carbocycles. The van der Waals surface area contributed by atoms with Crippen LogP contribution in [-0.2, 0) is 28.9 Å². The Hall–Kier alpha value is -4.07. The van der Waals surface area contributed by atoms with E-state index in [2.05, 4.69) is 15.3 Å². The van der Waals surface area contributed by atoms with Crippen molar-refractivity contribution < 1.29 is 23.5 Å². The van der Waals surface area contributed by atoms with Gasteiger partial charge in [-0.1, -0.05) is 55.5 Å². The monoisotopic (exact) mass is 475 g/mol. The van der Waals surface area contributed by atoms with Crippen molar-refractivity contribution in [2.45, 2.75) is 45.8 Å². The molecule has 0 radical (unpaired) electrons. The minimum Gasteiger partial charge on any atom is -0.461 e. The Morgan fingerprint density at radius 2 is 1.83 bits per heavy atom. The molecule has 0 fully saturated rings. The molecule has 0 spiro atoms. The molecule has 0 aliphatic heterocycles. The summed E-state index contributed by atoms with van der Waals surface area (Å²) in [6.45, 7) is 4.09. The molecule has 2 heterocycles. The van der Waals surface area contributed by atoms with E-state index in [-0.39, 0.29) is 24.8 Å². The number of carbonyl (C=O) groups excluding carboxylic acids is 2. The first kappa shape index (κ1) is 24.1. The number of amides is 1. The van der Waals surface area contributed by atoms with Gasteiger partial charge in [0.15, 0.2) is 5.69 Å². The Morgan fingerprint density at radius 3 is 2.60 bits per heavy atom. The molecule has 2 aromatic heterocycles. The molecule has 0 aliphatic carbocycles. The number of aromatic amines is 1. The second-order valence-corrected chi connectivity index (χ2v) is 8.12. The van der Waals surface area contributed by atoms with Gasteiger partial charge < -0.3 is 24.2 Å². The lowest BCUT2D eigenvalue weighted by atomic mass is 10.0. The summed E-state index contributed by atoms with van der Waals surface area (Å²) >= 11 is 0. The van der Waals surface area contributed by atoms with Gasteiger partial charge in [0.1, 0.15) is 18.4 Å². The Labute approximate surface area is 203 Å². The fourth-order valence-electron chi connectivity index (χ4n) is 3.90. The molecule has 35 heavy (non-hydrogen) atoms. The second kappa shape index (κ2) is 11.4. The van der Waals surface area contributed by atoms with Crippen LogP contribution in [0.5, 0.6) is 0 Å². The van der Waals surface area contributed by atoms with Crippen LogP contribution in [0.4, 0.5) is 4.79 Å². The highest BCUT2D eigenvalue weighted by molar-refractivity contribution is 5.88. The largest absolute Gasteiger partial charge is 0.461 e. The number of aromatic nitrogens is 2. The van der Waals surface area contributed by atoms with Crippen molar-refractivity contribution in [3.63, 3.8) is 0 Å². The lowest BCUT2D eigenvalue weighted by Gasteiger charge is -2.16. The number of nitrogens with zero attached hydrogens (tertiary/aromatic N) is 1. The summed E-state index contributed by atoms with van der Waals surface area (Å²) in [7, 11) is 0. The van der Waals surface area contributed by atoms with Gasteiger partial charge in [0.25, 0.3) is 0 Å². The summed E-state index contributed by atoms with van der Waals surface area (Å²) in [6.07, 6.45) is 2.97. The first-order valence-corrected chi connectivity index (χ1v) is 11.8. The van der Waals surface area contributed by atoms with Crippen molar-refractivity contribution in [3.8, 4) is 0 Å². The number of ether oxygens (including phenoxy) is 2. The molecule has 2 aromatic carbocycles. The number of oxazole rings is 1. The summed E-state index contributed by atoms with van der Waals surface area (Å²) in [5.74, 6) is 0.145. The molecular weight excluding hydrogens is 446 g/mol. The summed E-state index contributed by atoms with van der Waals surface area (Å²) in [6, 6.07) is 16.7. The highest BCUT2D eigenvalue weighted by Crippen LogP contribution is 2.27. The number of rotatable bonds is 10. The van der Waals surface area contributed by atoms with Gasteiger partial charge in [0.05, 0.1) is 6.61 Å². The molecule has 4 aromatic rings. The molecule has 8 heteroatoms. The van der Waals surface area contributed by atoms with Crippen molar-refractivity contribution in [2.24, 2.45) is 0 Å². The Bertz CT molecular complexity index is 1280. The smallest absolute Gasteiger partial charge is 0.408 e. The van der Waals surface area contributed by atoms with Crippen molar-refractivity contribution in [3.05, 3.63) is 89.3 Å². The van der Waals surface area contributed by atoms with Crippen LogP contribution < -0.4 is 5.32 Å². The van der Waals surface area contributed by atoms with E-state index in [1.165, 1.54) is 0 Å². The molecule has 0 saturated heterocycles. The SMILES string of the molecule is CCCc1oc([C@@H](Cc2c[nH]c3ccccc23)NC(=O)OCc2ccccc2)nc1C(=O)OCC. The van der Waals surface area contributed by atoms with Crippen LogP contribution in [0.15, 0.2) is 65.2 Å². The van der Waals surface area contributed by atoms with Crippen molar-refractivity contribution in [1.29, 1.82) is 0 Å². The number of aryl methyl sites for hydroxylation is 1. The fourth-order valence-corrected chi connectivity index (χ4v) is 3.90. The van der Waals surface area contributed by atoms with Gasteiger partial charge in [-0.05, 0) is 30.5 Å². The number of hydrogen-bond acceptors (Lipinski definition) is 6. The standard InChI is InChI=1S/C27H29N3O5/c1-3-10-23-24(26(31)33-4-2)30-25(35-23)22(15-19-16-28-21-14-9-8-13-20(19)21)29-27(32)34-17-18-11-6-5-7-12-18/h5-9,11-14,16,22,28H,3-4,10,15,17H2,1-2H3,(H,29,32)/t22-/m1/s1. The molecular formula is C27H29N3O5. The van der Waals surface area contributed by atoms with Gasteiger partial charge in [-0.3, -0.25) is 0 Å². The van der Waals surface area contributed by atoms with Crippen LogP contribution in [0.2, 0.25) is 0 Å². The van der Waals surface area contributed by atoms with Gasteiger partial charge >= 0.3 is 12.1 Å². The number of nitrogens with one attached hydrogen (secondary N) is 2. The average molecular weight is 476 g/mol. The third-order valence-electron chi connectivity index (χ3n) is 5.56. The molecule has 1 atom stereocenters. The van der Waals surface area contributed by atoms with E-state index in [0.717, 1.165) is 28.5 Å². The highest BCUT2D eigenvalue weighted by atomic mass is 16.5. The molecule has 0 unspecified atom stereocenters. The molecule has 0 aliphatic rings. The number of para-hydroxylation sites is 1. The van der Waals surface area contributed by atoms with Crippen LogP contribution in [0.25, 0.3) is 10.9 Å². The summed E-state index contributed by atoms with van der Waals surface area (Å²) < 4.78 is 16.6. The molecule has 8 nitrogen and oxygen atoms in total. The molecule has 0 bridgehead atoms. The topological polar surface area (TPSA) is 106 Å². The van der Waals surface area contributed by atoms with Crippen LogP contribution >= 0.6 is 0 Å².